The predicted octanol–water partition coefficient (Wildman–Crippen LogP) is 2.79. The SMILES string of the molecule is CCC1(O)C=CCCc2ccccc21. The smallest absolute Gasteiger partial charge is 0.108 e. The topological polar surface area (TPSA) is 20.2 Å². The highest BCUT2D eigenvalue weighted by Crippen LogP contribution is 2.32. The minimum atomic E-state index is -0.743. The van der Waals surface area contributed by atoms with E-state index in [0.717, 1.165) is 24.8 Å². The molecule has 2 rings (SSSR count). The first-order valence-corrected chi connectivity index (χ1v) is 5.25. The van der Waals surface area contributed by atoms with E-state index in [1.165, 1.54) is 5.56 Å². The van der Waals surface area contributed by atoms with E-state index in [4.69, 9.17) is 0 Å². The van der Waals surface area contributed by atoms with Crippen molar-refractivity contribution in [2.75, 3.05) is 0 Å². The number of aryl methyl sites for hydroxylation is 1. The van der Waals surface area contributed by atoms with Crippen LogP contribution in [0.5, 0.6) is 0 Å². The lowest BCUT2D eigenvalue weighted by Gasteiger charge is -2.24. The molecular weight excluding hydrogens is 172 g/mol. The van der Waals surface area contributed by atoms with Crippen molar-refractivity contribution in [1.29, 1.82) is 0 Å². The molecule has 0 radical (unpaired) electrons. The first kappa shape index (κ1) is 9.47. The first-order valence-electron chi connectivity index (χ1n) is 5.25. The number of hydrogen-bond acceptors (Lipinski definition) is 1. The molecule has 0 saturated carbocycles. The van der Waals surface area contributed by atoms with E-state index in [1.54, 1.807) is 0 Å². The third-order valence-corrected chi connectivity index (χ3v) is 3.00. The zero-order valence-electron chi connectivity index (χ0n) is 8.53. The number of rotatable bonds is 1. The summed E-state index contributed by atoms with van der Waals surface area (Å²) in [7, 11) is 0. The Morgan fingerprint density at radius 3 is 2.93 bits per heavy atom. The van der Waals surface area contributed by atoms with Gasteiger partial charge in [0.1, 0.15) is 5.60 Å². The van der Waals surface area contributed by atoms with Gasteiger partial charge in [-0.3, -0.25) is 0 Å². The Morgan fingerprint density at radius 1 is 1.36 bits per heavy atom. The molecule has 1 aliphatic rings. The lowest BCUT2D eigenvalue weighted by Crippen LogP contribution is -2.22. The van der Waals surface area contributed by atoms with Crippen molar-refractivity contribution in [1.82, 2.24) is 0 Å². The fraction of sp³-hybridized carbons (Fsp3) is 0.385. The van der Waals surface area contributed by atoms with Crippen molar-refractivity contribution in [3.63, 3.8) is 0 Å². The molecule has 1 aromatic carbocycles. The van der Waals surface area contributed by atoms with Gasteiger partial charge in [0.2, 0.25) is 0 Å². The van der Waals surface area contributed by atoms with Crippen LogP contribution < -0.4 is 0 Å². The van der Waals surface area contributed by atoms with Gasteiger partial charge in [-0.25, -0.2) is 0 Å². The molecule has 1 N–H and O–H groups in total. The fourth-order valence-corrected chi connectivity index (χ4v) is 2.08. The van der Waals surface area contributed by atoms with Crippen LogP contribution in [0.4, 0.5) is 0 Å². The summed E-state index contributed by atoms with van der Waals surface area (Å²) >= 11 is 0. The highest BCUT2D eigenvalue weighted by atomic mass is 16.3. The second-order valence-corrected chi connectivity index (χ2v) is 3.88. The zero-order valence-corrected chi connectivity index (χ0v) is 8.53. The maximum absolute atomic E-state index is 10.4. The summed E-state index contributed by atoms with van der Waals surface area (Å²) in [6.07, 6.45) is 6.83. The first-order chi connectivity index (χ1) is 6.76. The molecule has 0 aromatic heterocycles. The maximum atomic E-state index is 10.4. The molecule has 1 heteroatoms. The molecule has 1 aliphatic carbocycles. The van der Waals surface area contributed by atoms with Crippen LogP contribution in [-0.2, 0) is 12.0 Å². The van der Waals surface area contributed by atoms with Crippen LogP contribution >= 0.6 is 0 Å². The molecule has 1 nitrogen and oxygen atoms in total. The molecular formula is C13H16O. The van der Waals surface area contributed by atoms with Gasteiger partial charge in [0.05, 0.1) is 0 Å². The lowest BCUT2D eigenvalue weighted by molar-refractivity contribution is 0.0848. The van der Waals surface area contributed by atoms with Crippen molar-refractivity contribution in [2.24, 2.45) is 0 Å². The monoisotopic (exact) mass is 188 g/mol. The van der Waals surface area contributed by atoms with Crippen LogP contribution in [0, 0.1) is 0 Å². The summed E-state index contributed by atoms with van der Waals surface area (Å²) < 4.78 is 0. The number of fused-ring (bicyclic) bond motifs is 1. The Bertz CT molecular complexity index is 354. The van der Waals surface area contributed by atoms with Crippen LogP contribution in [0.1, 0.15) is 30.9 Å². The molecule has 0 spiro atoms. The Hall–Kier alpha value is -1.08. The Balaban J connectivity index is 2.54. The van der Waals surface area contributed by atoms with Gasteiger partial charge in [-0.2, -0.15) is 0 Å². The summed E-state index contributed by atoms with van der Waals surface area (Å²) in [4.78, 5) is 0. The highest BCUT2D eigenvalue weighted by Gasteiger charge is 2.27. The Labute approximate surface area is 85.1 Å². The van der Waals surface area contributed by atoms with Gasteiger partial charge in [0, 0.05) is 0 Å². The average molecular weight is 188 g/mol. The number of hydrogen-bond donors (Lipinski definition) is 1. The van der Waals surface area contributed by atoms with Gasteiger partial charge in [0.25, 0.3) is 0 Å². The molecule has 0 heterocycles. The summed E-state index contributed by atoms with van der Waals surface area (Å²) in [5, 5.41) is 10.4. The van der Waals surface area contributed by atoms with Crippen molar-refractivity contribution in [3.8, 4) is 0 Å². The van der Waals surface area contributed by atoms with Gasteiger partial charge in [-0.1, -0.05) is 43.3 Å². The summed E-state index contributed by atoms with van der Waals surface area (Å²) in [5.41, 5.74) is 1.62. The minimum absolute atomic E-state index is 0.737. The van der Waals surface area contributed by atoms with Crippen LogP contribution in [0.2, 0.25) is 0 Å². The molecule has 1 atom stereocenters. The summed E-state index contributed by atoms with van der Waals surface area (Å²) in [5.74, 6) is 0. The van der Waals surface area contributed by atoms with Crippen LogP contribution in [-0.4, -0.2) is 5.11 Å². The Morgan fingerprint density at radius 2 is 2.14 bits per heavy atom. The normalized spacial score (nSPS) is 25.6. The summed E-state index contributed by atoms with van der Waals surface area (Å²) in [6, 6.07) is 8.19. The third-order valence-electron chi connectivity index (χ3n) is 3.00. The molecule has 0 saturated heterocycles. The van der Waals surface area contributed by atoms with E-state index >= 15 is 0 Å². The van der Waals surface area contributed by atoms with Crippen LogP contribution in [0.15, 0.2) is 36.4 Å². The molecule has 0 bridgehead atoms. The second-order valence-electron chi connectivity index (χ2n) is 3.88. The van der Waals surface area contributed by atoms with E-state index in [1.807, 2.05) is 31.2 Å². The average Bonchev–Trinajstić information content (AvgIpc) is 2.40. The lowest BCUT2D eigenvalue weighted by atomic mass is 9.88. The summed E-state index contributed by atoms with van der Waals surface area (Å²) in [6.45, 7) is 2.02. The van der Waals surface area contributed by atoms with Crippen molar-refractivity contribution in [2.45, 2.75) is 31.8 Å². The molecule has 1 aromatic rings. The molecule has 0 aliphatic heterocycles. The van der Waals surface area contributed by atoms with Crippen LogP contribution in [0.25, 0.3) is 0 Å². The van der Waals surface area contributed by atoms with Crippen LogP contribution in [0.3, 0.4) is 0 Å². The van der Waals surface area contributed by atoms with E-state index in [9.17, 15) is 5.11 Å². The van der Waals surface area contributed by atoms with E-state index in [2.05, 4.69) is 12.1 Å². The number of benzene rings is 1. The highest BCUT2D eigenvalue weighted by molar-refractivity contribution is 5.37. The van der Waals surface area contributed by atoms with Gasteiger partial charge in [-0.05, 0) is 30.4 Å². The standard InChI is InChI=1S/C13H16O/c1-2-13(14)10-6-5-8-11-7-3-4-9-12(11)13/h3-4,6-7,9-10,14H,2,5,8H2,1H3. The van der Waals surface area contributed by atoms with E-state index in [-0.39, 0.29) is 0 Å². The molecule has 14 heavy (non-hydrogen) atoms. The van der Waals surface area contributed by atoms with Gasteiger partial charge < -0.3 is 5.11 Å². The second kappa shape index (κ2) is 3.58. The number of aliphatic hydroxyl groups is 1. The predicted molar refractivity (Wildman–Crippen MR) is 58.1 cm³/mol. The largest absolute Gasteiger partial charge is 0.381 e. The van der Waals surface area contributed by atoms with Gasteiger partial charge in [0.15, 0.2) is 0 Å². The van der Waals surface area contributed by atoms with Crippen molar-refractivity contribution >= 4 is 0 Å². The maximum Gasteiger partial charge on any atom is 0.108 e. The quantitative estimate of drug-likeness (QED) is 0.672. The molecule has 0 amide bonds. The van der Waals surface area contributed by atoms with E-state index < -0.39 is 5.60 Å². The zero-order chi connectivity index (χ0) is 10.0. The van der Waals surface area contributed by atoms with Crippen molar-refractivity contribution < 1.29 is 5.11 Å². The minimum Gasteiger partial charge on any atom is -0.381 e. The van der Waals surface area contributed by atoms with Crippen molar-refractivity contribution in [3.05, 3.63) is 47.5 Å². The van der Waals surface area contributed by atoms with Gasteiger partial charge >= 0.3 is 0 Å². The third kappa shape index (κ3) is 1.48. The van der Waals surface area contributed by atoms with Gasteiger partial charge in [-0.15, -0.1) is 0 Å². The number of allylic oxidation sites excluding steroid dienone is 1. The van der Waals surface area contributed by atoms with E-state index in [0.29, 0.717) is 0 Å². The molecule has 1 unspecified atom stereocenters. The molecule has 0 fully saturated rings. The Kier molecular flexibility index (Phi) is 2.42. The fourth-order valence-electron chi connectivity index (χ4n) is 2.08. The molecule has 74 valence electrons.